The summed E-state index contributed by atoms with van der Waals surface area (Å²) in [6.45, 7) is 2.80. The van der Waals surface area contributed by atoms with Gasteiger partial charge in [-0.1, -0.05) is 61.5 Å². The van der Waals surface area contributed by atoms with E-state index >= 15 is 0 Å². The molecule has 0 atom stereocenters. The van der Waals surface area contributed by atoms with E-state index in [0.717, 1.165) is 23.3 Å². The smallest absolute Gasteiger partial charge is 0.257 e. The fraction of sp³-hybridized carbons (Fsp3) is 0.115. The van der Waals surface area contributed by atoms with Crippen LogP contribution in [0.15, 0.2) is 84.4 Å². The fourth-order valence-electron chi connectivity index (χ4n) is 3.83. The molecule has 0 unspecified atom stereocenters. The number of imidazole rings is 1. The summed E-state index contributed by atoms with van der Waals surface area (Å²) in [4.78, 5) is 21.6. The van der Waals surface area contributed by atoms with Crippen molar-refractivity contribution in [3.05, 3.63) is 101 Å². The highest BCUT2D eigenvalue weighted by atomic mass is 32.1. The molecule has 5 rings (SSSR count). The third-order valence-corrected chi connectivity index (χ3v) is 6.15. The topological polar surface area (TPSA) is 59.8 Å². The van der Waals surface area contributed by atoms with Gasteiger partial charge in [0.15, 0.2) is 5.13 Å². The van der Waals surface area contributed by atoms with E-state index in [4.69, 9.17) is 4.98 Å². The summed E-state index contributed by atoms with van der Waals surface area (Å²) in [6, 6.07) is 24.6. The lowest BCUT2D eigenvalue weighted by Crippen LogP contribution is -2.12. The standard InChI is InChI=1S/C26H22N4OS/c1-2-24-28-22-13-12-21(25(31)29-26-27-14-15-32-26)16-23(22)30(24)17-18-8-10-20(11-9-18)19-6-4-3-5-7-19/h3-16H,2,17H2,1H3,(H,27,29,31). The van der Waals surface area contributed by atoms with Crippen molar-refractivity contribution in [1.29, 1.82) is 0 Å². The number of carbonyl (C=O) groups excluding carboxylic acids is 1. The van der Waals surface area contributed by atoms with Gasteiger partial charge in [-0.3, -0.25) is 10.1 Å². The van der Waals surface area contributed by atoms with Gasteiger partial charge in [-0.25, -0.2) is 9.97 Å². The van der Waals surface area contributed by atoms with Gasteiger partial charge in [-0.05, 0) is 34.9 Å². The molecule has 3 aromatic carbocycles. The highest BCUT2D eigenvalue weighted by Crippen LogP contribution is 2.23. The Balaban J connectivity index is 1.45. The second-order valence-electron chi connectivity index (χ2n) is 7.53. The second-order valence-corrected chi connectivity index (χ2v) is 8.42. The van der Waals surface area contributed by atoms with Crippen LogP contribution >= 0.6 is 11.3 Å². The maximum absolute atomic E-state index is 12.7. The van der Waals surface area contributed by atoms with E-state index in [2.05, 4.69) is 70.3 Å². The summed E-state index contributed by atoms with van der Waals surface area (Å²) < 4.78 is 2.20. The van der Waals surface area contributed by atoms with Gasteiger partial charge in [0, 0.05) is 30.1 Å². The number of carbonyl (C=O) groups is 1. The zero-order chi connectivity index (χ0) is 21.9. The number of amides is 1. The molecule has 0 saturated carbocycles. The van der Waals surface area contributed by atoms with E-state index in [-0.39, 0.29) is 5.91 Å². The Hall–Kier alpha value is -3.77. The summed E-state index contributed by atoms with van der Waals surface area (Å²) in [7, 11) is 0. The maximum atomic E-state index is 12.7. The molecule has 5 nitrogen and oxygen atoms in total. The van der Waals surface area contributed by atoms with E-state index in [1.807, 2.05) is 29.6 Å². The molecule has 0 aliphatic rings. The molecule has 0 bridgehead atoms. The van der Waals surface area contributed by atoms with Crippen LogP contribution in [0.4, 0.5) is 5.13 Å². The normalized spacial score (nSPS) is 11.0. The number of aryl methyl sites for hydroxylation is 1. The van der Waals surface area contributed by atoms with E-state index in [1.165, 1.54) is 28.0 Å². The highest BCUT2D eigenvalue weighted by Gasteiger charge is 2.14. The van der Waals surface area contributed by atoms with Gasteiger partial charge in [-0.2, -0.15) is 0 Å². The van der Waals surface area contributed by atoms with Gasteiger partial charge in [0.05, 0.1) is 11.0 Å². The number of fused-ring (bicyclic) bond motifs is 1. The zero-order valence-corrected chi connectivity index (χ0v) is 18.5. The molecule has 2 aromatic heterocycles. The van der Waals surface area contributed by atoms with Crippen molar-refractivity contribution in [1.82, 2.24) is 14.5 Å². The molecule has 5 aromatic rings. The van der Waals surface area contributed by atoms with E-state index in [9.17, 15) is 4.79 Å². The van der Waals surface area contributed by atoms with Crippen molar-refractivity contribution in [3.63, 3.8) is 0 Å². The Labute approximate surface area is 190 Å². The molecule has 32 heavy (non-hydrogen) atoms. The zero-order valence-electron chi connectivity index (χ0n) is 17.7. The molecule has 0 saturated heterocycles. The molecular formula is C26H22N4OS. The average molecular weight is 439 g/mol. The second kappa shape index (κ2) is 8.77. The van der Waals surface area contributed by atoms with E-state index in [0.29, 0.717) is 17.2 Å². The van der Waals surface area contributed by atoms with Crippen LogP contribution in [0, 0.1) is 0 Å². The molecular weight excluding hydrogens is 416 g/mol. The Morgan fingerprint density at radius 3 is 2.50 bits per heavy atom. The van der Waals surface area contributed by atoms with Gasteiger partial charge in [0.1, 0.15) is 5.82 Å². The molecule has 0 spiro atoms. The molecule has 0 aliphatic heterocycles. The Morgan fingerprint density at radius 2 is 1.78 bits per heavy atom. The maximum Gasteiger partial charge on any atom is 0.257 e. The SMILES string of the molecule is CCc1nc2ccc(C(=O)Nc3nccs3)cc2n1Cc1ccc(-c2ccccc2)cc1. The van der Waals surface area contributed by atoms with Gasteiger partial charge in [-0.15, -0.1) is 11.3 Å². The number of benzene rings is 3. The van der Waals surface area contributed by atoms with Crippen LogP contribution in [0.1, 0.15) is 28.7 Å². The Morgan fingerprint density at radius 1 is 1.00 bits per heavy atom. The van der Waals surface area contributed by atoms with Crippen LogP contribution in [-0.4, -0.2) is 20.4 Å². The van der Waals surface area contributed by atoms with Crippen LogP contribution < -0.4 is 5.32 Å². The number of nitrogens with zero attached hydrogens (tertiary/aromatic N) is 3. The van der Waals surface area contributed by atoms with E-state index < -0.39 is 0 Å². The quantitative estimate of drug-likeness (QED) is 0.352. The minimum Gasteiger partial charge on any atom is -0.323 e. The first-order chi connectivity index (χ1) is 15.7. The monoisotopic (exact) mass is 438 g/mol. The summed E-state index contributed by atoms with van der Waals surface area (Å²) in [5.41, 5.74) is 6.04. The van der Waals surface area contributed by atoms with Gasteiger partial charge in [0.2, 0.25) is 0 Å². The van der Waals surface area contributed by atoms with Crippen LogP contribution in [-0.2, 0) is 13.0 Å². The average Bonchev–Trinajstić information content (AvgIpc) is 3.47. The predicted octanol–water partition coefficient (Wildman–Crippen LogP) is 6.02. The highest BCUT2D eigenvalue weighted by molar-refractivity contribution is 7.13. The number of anilines is 1. The first kappa shape index (κ1) is 20.2. The van der Waals surface area contributed by atoms with Gasteiger partial charge >= 0.3 is 0 Å². The number of nitrogens with one attached hydrogen (secondary N) is 1. The molecule has 0 aliphatic carbocycles. The first-order valence-electron chi connectivity index (χ1n) is 10.6. The summed E-state index contributed by atoms with van der Waals surface area (Å²) >= 11 is 1.40. The van der Waals surface area contributed by atoms with Crippen molar-refractivity contribution in [2.75, 3.05) is 5.32 Å². The lowest BCUT2D eigenvalue weighted by molar-refractivity contribution is 0.102. The minimum absolute atomic E-state index is 0.167. The Bertz CT molecular complexity index is 1360. The first-order valence-corrected chi connectivity index (χ1v) is 11.4. The molecule has 2 heterocycles. The summed E-state index contributed by atoms with van der Waals surface area (Å²) in [5.74, 6) is 0.837. The molecule has 1 amide bonds. The van der Waals surface area contributed by atoms with Crippen molar-refractivity contribution >= 4 is 33.4 Å². The van der Waals surface area contributed by atoms with Crippen molar-refractivity contribution < 1.29 is 4.79 Å². The van der Waals surface area contributed by atoms with Crippen LogP contribution in [0.5, 0.6) is 0 Å². The van der Waals surface area contributed by atoms with Gasteiger partial charge in [0.25, 0.3) is 5.91 Å². The van der Waals surface area contributed by atoms with Crippen molar-refractivity contribution in [2.45, 2.75) is 19.9 Å². The number of rotatable bonds is 6. The number of hydrogen-bond acceptors (Lipinski definition) is 4. The van der Waals surface area contributed by atoms with Crippen LogP contribution in [0.3, 0.4) is 0 Å². The predicted molar refractivity (Wildman–Crippen MR) is 130 cm³/mol. The summed E-state index contributed by atoms with van der Waals surface area (Å²) in [5, 5.41) is 5.29. The lowest BCUT2D eigenvalue weighted by Gasteiger charge is -2.10. The largest absolute Gasteiger partial charge is 0.323 e. The third kappa shape index (κ3) is 4.05. The Kier molecular flexibility index (Phi) is 5.52. The number of aromatic nitrogens is 3. The molecule has 158 valence electrons. The van der Waals surface area contributed by atoms with Crippen molar-refractivity contribution in [2.24, 2.45) is 0 Å². The number of thiazole rings is 1. The summed E-state index contributed by atoms with van der Waals surface area (Å²) in [6.07, 6.45) is 2.49. The van der Waals surface area contributed by atoms with Crippen LogP contribution in [0.2, 0.25) is 0 Å². The molecule has 1 N–H and O–H groups in total. The van der Waals surface area contributed by atoms with Crippen molar-refractivity contribution in [3.8, 4) is 11.1 Å². The van der Waals surface area contributed by atoms with Gasteiger partial charge < -0.3 is 4.57 Å². The molecule has 6 heteroatoms. The number of hydrogen-bond donors (Lipinski definition) is 1. The van der Waals surface area contributed by atoms with Crippen LogP contribution in [0.25, 0.3) is 22.2 Å². The minimum atomic E-state index is -0.167. The van der Waals surface area contributed by atoms with E-state index in [1.54, 1.807) is 6.20 Å². The lowest BCUT2D eigenvalue weighted by atomic mass is 10.0. The molecule has 0 fully saturated rings. The fourth-order valence-corrected chi connectivity index (χ4v) is 4.35. The molecule has 0 radical (unpaired) electrons. The third-order valence-electron chi connectivity index (χ3n) is 5.46.